The third-order valence-electron chi connectivity index (χ3n) is 2.43. The Hall–Kier alpha value is -0.410. The summed E-state index contributed by atoms with van der Waals surface area (Å²) in [5.74, 6) is 0. The molecular formula is C9H17NO2. The van der Waals surface area contributed by atoms with Crippen LogP contribution in [0.2, 0.25) is 0 Å². The minimum absolute atomic E-state index is 0.442. The van der Waals surface area contributed by atoms with Gasteiger partial charge in [0.25, 0.3) is 0 Å². The molecule has 0 N–H and O–H groups in total. The standard InChI is InChI=1S/C9H17NO2/c1-12-9-3-6-10(7-4-9)5-2-8-11/h8-9H,2-7H2,1H3. The number of ether oxygens (including phenoxy) is 1. The van der Waals surface area contributed by atoms with Crippen LogP contribution >= 0.6 is 0 Å². The summed E-state index contributed by atoms with van der Waals surface area (Å²) < 4.78 is 5.25. The first-order valence-corrected chi connectivity index (χ1v) is 4.55. The Morgan fingerprint density at radius 1 is 1.50 bits per heavy atom. The molecule has 3 heteroatoms. The number of methoxy groups -OCH3 is 1. The van der Waals surface area contributed by atoms with Crippen LogP contribution in [0.25, 0.3) is 0 Å². The lowest BCUT2D eigenvalue weighted by atomic mass is 10.1. The maximum Gasteiger partial charge on any atom is 0.121 e. The molecule has 12 heavy (non-hydrogen) atoms. The van der Waals surface area contributed by atoms with Crippen molar-refractivity contribution in [3.63, 3.8) is 0 Å². The van der Waals surface area contributed by atoms with E-state index in [9.17, 15) is 4.79 Å². The SMILES string of the molecule is COC1CCN(CCC=O)CC1. The Balaban J connectivity index is 2.12. The molecule has 1 aliphatic heterocycles. The summed E-state index contributed by atoms with van der Waals surface area (Å²) in [4.78, 5) is 12.4. The van der Waals surface area contributed by atoms with E-state index in [-0.39, 0.29) is 0 Å². The number of hydrogen-bond donors (Lipinski definition) is 0. The topological polar surface area (TPSA) is 29.5 Å². The molecule has 0 spiro atoms. The number of likely N-dealkylation sites (tertiary alicyclic amines) is 1. The van der Waals surface area contributed by atoms with Gasteiger partial charge in [-0.2, -0.15) is 0 Å². The summed E-state index contributed by atoms with van der Waals surface area (Å²) in [5, 5.41) is 0. The van der Waals surface area contributed by atoms with Crippen molar-refractivity contribution in [1.29, 1.82) is 0 Å². The smallest absolute Gasteiger partial charge is 0.121 e. The summed E-state index contributed by atoms with van der Waals surface area (Å²) in [6, 6.07) is 0. The second-order valence-corrected chi connectivity index (χ2v) is 3.23. The molecule has 0 aromatic carbocycles. The van der Waals surface area contributed by atoms with Crippen molar-refractivity contribution >= 4 is 6.29 Å². The molecule has 1 fully saturated rings. The van der Waals surface area contributed by atoms with Crippen molar-refractivity contribution in [2.24, 2.45) is 0 Å². The van der Waals surface area contributed by atoms with Gasteiger partial charge in [0.05, 0.1) is 6.10 Å². The molecule has 0 unspecified atom stereocenters. The first-order chi connectivity index (χ1) is 5.86. The van der Waals surface area contributed by atoms with Gasteiger partial charge >= 0.3 is 0 Å². The summed E-state index contributed by atoms with van der Waals surface area (Å²) in [5.41, 5.74) is 0. The molecule has 0 radical (unpaired) electrons. The van der Waals surface area contributed by atoms with Gasteiger partial charge in [0, 0.05) is 33.2 Å². The zero-order valence-corrected chi connectivity index (χ0v) is 7.66. The Bertz CT molecular complexity index is 130. The number of carbonyl (C=O) groups excluding carboxylic acids is 1. The van der Waals surface area contributed by atoms with E-state index in [1.165, 1.54) is 0 Å². The molecule has 70 valence electrons. The molecule has 1 heterocycles. The minimum atomic E-state index is 0.442. The first kappa shape index (κ1) is 9.68. The second-order valence-electron chi connectivity index (χ2n) is 3.23. The second kappa shape index (κ2) is 5.27. The molecule has 0 saturated carbocycles. The maximum absolute atomic E-state index is 10.1. The van der Waals surface area contributed by atoms with Crippen molar-refractivity contribution in [3.8, 4) is 0 Å². The van der Waals surface area contributed by atoms with Crippen molar-refractivity contribution < 1.29 is 9.53 Å². The van der Waals surface area contributed by atoms with Gasteiger partial charge < -0.3 is 14.4 Å². The fourth-order valence-corrected chi connectivity index (χ4v) is 1.60. The summed E-state index contributed by atoms with van der Waals surface area (Å²) in [6.07, 6.45) is 4.31. The van der Waals surface area contributed by atoms with E-state index < -0.39 is 0 Å². The van der Waals surface area contributed by atoms with Crippen molar-refractivity contribution in [1.82, 2.24) is 4.90 Å². The van der Waals surface area contributed by atoms with Crippen molar-refractivity contribution in [2.75, 3.05) is 26.7 Å². The van der Waals surface area contributed by atoms with Crippen molar-refractivity contribution in [2.45, 2.75) is 25.4 Å². The monoisotopic (exact) mass is 171 g/mol. The average Bonchev–Trinajstić information content (AvgIpc) is 2.15. The lowest BCUT2D eigenvalue weighted by molar-refractivity contribution is -0.108. The van der Waals surface area contributed by atoms with Crippen LogP contribution in [-0.2, 0) is 9.53 Å². The van der Waals surface area contributed by atoms with Gasteiger partial charge in [-0.05, 0) is 12.8 Å². The van der Waals surface area contributed by atoms with Crippen LogP contribution in [0.1, 0.15) is 19.3 Å². The molecule has 1 aliphatic rings. The maximum atomic E-state index is 10.1. The number of piperidine rings is 1. The van der Waals surface area contributed by atoms with E-state index in [0.29, 0.717) is 12.5 Å². The molecular weight excluding hydrogens is 154 g/mol. The van der Waals surface area contributed by atoms with Gasteiger partial charge in [0.2, 0.25) is 0 Å². The summed E-state index contributed by atoms with van der Waals surface area (Å²) >= 11 is 0. The number of hydrogen-bond acceptors (Lipinski definition) is 3. The number of aldehydes is 1. The molecule has 0 aromatic heterocycles. The van der Waals surface area contributed by atoms with Gasteiger partial charge in [-0.1, -0.05) is 0 Å². The molecule has 0 aromatic rings. The Labute approximate surface area is 73.7 Å². The zero-order valence-electron chi connectivity index (χ0n) is 7.66. The van der Waals surface area contributed by atoms with Crippen LogP contribution in [0, 0.1) is 0 Å². The Morgan fingerprint density at radius 2 is 2.17 bits per heavy atom. The predicted molar refractivity (Wildman–Crippen MR) is 47.2 cm³/mol. The van der Waals surface area contributed by atoms with Crippen LogP contribution in [0.5, 0.6) is 0 Å². The number of carbonyl (C=O) groups is 1. The first-order valence-electron chi connectivity index (χ1n) is 4.55. The molecule has 0 bridgehead atoms. The van der Waals surface area contributed by atoms with Crippen LogP contribution in [0.15, 0.2) is 0 Å². The van der Waals surface area contributed by atoms with Gasteiger partial charge in [0.1, 0.15) is 6.29 Å². The molecule has 1 rings (SSSR count). The van der Waals surface area contributed by atoms with E-state index >= 15 is 0 Å². The molecule has 0 atom stereocenters. The molecule has 1 saturated heterocycles. The largest absolute Gasteiger partial charge is 0.381 e. The van der Waals surface area contributed by atoms with Gasteiger partial charge in [0.15, 0.2) is 0 Å². The minimum Gasteiger partial charge on any atom is -0.381 e. The van der Waals surface area contributed by atoms with E-state index in [2.05, 4.69) is 4.90 Å². The molecule has 0 aliphatic carbocycles. The third-order valence-corrected chi connectivity index (χ3v) is 2.43. The van der Waals surface area contributed by atoms with Crippen LogP contribution in [0.3, 0.4) is 0 Å². The van der Waals surface area contributed by atoms with E-state index in [4.69, 9.17) is 4.74 Å². The predicted octanol–water partition coefficient (Wildman–Crippen LogP) is 0.686. The Morgan fingerprint density at radius 3 is 2.67 bits per heavy atom. The highest BCUT2D eigenvalue weighted by Gasteiger charge is 2.17. The van der Waals surface area contributed by atoms with Crippen LogP contribution in [0.4, 0.5) is 0 Å². The molecule has 0 amide bonds. The summed E-state index contributed by atoms with van der Waals surface area (Å²) in [7, 11) is 1.77. The average molecular weight is 171 g/mol. The lowest BCUT2D eigenvalue weighted by Crippen LogP contribution is -2.37. The Kier molecular flexibility index (Phi) is 4.25. The third kappa shape index (κ3) is 2.91. The highest BCUT2D eigenvalue weighted by atomic mass is 16.5. The summed E-state index contributed by atoms with van der Waals surface area (Å²) in [6.45, 7) is 3.07. The van der Waals surface area contributed by atoms with Crippen LogP contribution < -0.4 is 0 Å². The van der Waals surface area contributed by atoms with Gasteiger partial charge in [-0.15, -0.1) is 0 Å². The normalized spacial score (nSPS) is 21.1. The number of nitrogens with zero attached hydrogens (tertiary/aromatic N) is 1. The lowest BCUT2D eigenvalue weighted by Gasteiger charge is -2.30. The van der Waals surface area contributed by atoms with E-state index in [0.717, 1.165) is 38.8 Å². The van der Waals surface area contributed by atoms with Crippen LogP contribution in [-0.4, -0.2) is 44.0 Å². The quantitative estimate of drug-likeness (QED) is 0.583. The fraction of sp³-hybridized carbons (Fsp3) is 0.889. The zero-order chi connectivity index (χ0) is 8.81. The molecule has 3 nitrogen and oxygen atoms in total. The van der Waals surface area contributed by atoms with Crippen molar-refractivity contribution in [3.05, 3.63) is 0 Å². The van der Waals surface area contributed by atoms with E-state index in [1.807, 2.05) is 0 Å². The van der Waals surface area contributed by atoms with E-state index in [1.54, 1.807) is 7.11 Å². The highest BCUT2D eigenvalue weighted by Crippen LogP contribution is 2.12. The highest BCUT2D eigenvalue weighted by molar-refractivity contribution is 5.49. The van der Waals surface area contributed by atoms with Gasteiger partial charge in [-0.25, -0.2) is 0 Å². The number of rotatable bonds is 4. The fourth-order valence-electron chi connectivity index (χ4n) is 1.60. The van der Waals surface area contributed by atoms with Gasteiger partial charge in [-0.3, -0.25) is 0 Å².